The second kappa shape index (κ2) is 9.77. The van der Waals surface area contributed by atoms with Crippen molar-refractivity contribution in [3.8, 4) is 5.69 Å². The summed E-state index contributed by atoms with van der Waals surface area (Å²) in [7, 11) is 0. The quantitative estimate of drug-likeness (QED) is 0.223. The third-order valence-electron chi connectivity index (χ3n) is 7.24. The summed E-state index contributed by atoms with van der Waals surface area (Å²) in [6.45, 7) is 4.05. The zero-order valence-corrected chi connectivity index (χ0v) is 24.1. The van der Waals surface area contributed by atoms with Gasteiger partial charge in [0, 0.05) is 20.7 Å². The van der Waals surface area contributed by atoms with E-state index < -0.39 is 0 Å². The molecule has 0 fully saturated rings. The van der Waals surface area contributed by atoms with Gasteiger partial charge in [-0.3, -0.25) is 0 Å². The number of fused-ring (bicyclic) bond motifs is 4. The summed E-state index contributed by atoms with van der Waals surface area (Å²) in [6, 6.07) is 32.5. The fourth-order valence-electron chi connectivity index (χ4n) is 5.35. The molecule has 1 aromatic heterocycles. The van der Waals surface area contributed by atoms with Crippen molar-refractivity contribution in [3.63, 3.8) is 0 Å². The van der Waals surface area contributed by atoms with E-state index in [-0.39, 0.29) is 6.04 Å². The van der Waals surface area contributed by atoms with Crippen molar-refractivity contribution in [2.75, 3.05) is 10.2 Å². The van der Waals surface area contributed by atoms with E-state index in [4.69, 9.17) is 26.7 Å². The van der Waals surface area contributed by atoms with Crippen molar-refractivity contribution in [2.45, 2.75) is 19.9 Å². The Morgan fingerprint density at radius 1 is 0.850 bits per heavy atom. The van der Waals surface area contributed by atoms with Crippen LogP contribution in [0.1, 0.15) is 28.4 Å². The van der Waals surface area contributed by atoms with Crippen molar-refractivity contribution < 1.29 is 0 Å². The molecule has 2 aliphatic rings. The van der Waals surface area contributed by atoms with Crippen LogP contribution in [0.3, 0.4) is 0 Å². The minimum Gasteiger partial charge on any atom is -0.337 e. The minimum atomic E-state index is -0.187. The van der Waals surface area contributed by atoms with E-state index in [2.05, 4.69) is 57.3 Å². The van der Waals surface area contributed by atoms with E-state index in [0.29, 0.717) is 16.7 Å². The molecule has 1 N–H and O–H groups in total. The maximum absolute atomic E-state index is 6.49. The van der Waals surface area contributed by atoms with Crippen LogP contribution < -0.4 is 10.2 Å². The van der Waals surface area contributed by atoms with Crippen LogP contribution >= 0.6 is 27.5 Å². The van der Waals surface area contributed by atoms with Gasteiger partial charge in [-0.05, 0) is 73.5 Å². The Morgan fingerprint density at radius 3 is 2.45 bits per heavy atom. The molecular formula is C32H24BrClN6. The van der Waals surface area contributed by atoms with Crippen molar-refractivity contribution in [1.82, 2.24) is 9.78 Å². The number of halogens is 2. The number of rotatable bonds is 3. The topological polar surface area (TPSA) is 57.8 Å². The number of benzene rings is 4. The largest absolute Gasteiger partial charge is 0.337 e. The second-order valence-electron chi connectivity index (χ2n) is 9.87. The number of aliphatic imine (C=N–C) groups is 2. The lowest BCUT2D eigenvalue weighted by molar-refractivity contribution is 0.815. The van der Waals surface area contributed by atoms with Crippen molar-refractivity contribution in [1.29, 1.82) is 0 Å². The summed E-state index contributed by atoms with van der Waals surface area (Å²) in [5, 5.41) is 9.21. The molecule has 7 rings (SSSR count). The van der Waals surface area contributed by atoms with Gasteiger partial charge in [0.1, 0.15) is 0 Å². The zero-order valence-electron chi connectivity index (χ0n) is 21.8. The minimum absolute atomic E-state index is 0.187. The number of nitrogens with one attached hydrogen (secondary N) is 1. The fraction of sp³-hybridized carbons (Fsp3) is 0.0938. The summed E-state index contributed by atoms with van der Waals surface area (Å²) in [5.41, 5.74) is 7.75. The molecule has 6 nitrogen and oxygen atoms in total. The van der Waals surface area contributed by atoms with E-state index in [1.54, 1.807) is 0 Å². The van der Waals surface area contributed by atoms with Gasteiger partial charge in [-0.15, -0.1) is 0 Å². The van der Waals surface area contributed by atoms with Crippen LogP contribution in [0.15, 0.2) is 112 Å². The second-order valence-corrected chi connectivity index (χ2v) is 11.2. The van der Waals surface area contributed by atoms with Gasteiger partial charge in [0.05, 0.1) is 28.8 Å². The Morgan fingerprint density at radius 2 is 1.65 bits per heavy atom. The highest BCUT2D eigenvalue weighted by Crippen LogP contribution is 2.48. The summed E-state index contributed by atoms with van der Waals surface area (Å²) < 4.78 is 2.94. The van der Waals surface area contributed by atoms with Gasteiger partial charge in [-0.1, -0.05) is 76.1 Å². The lowest BCUT2D eigenvalue weighted by Crippen LogP contribution is -2.46. The molecule has 0 aliphatic carbocycles. The highest BCUT2D eigenvalue weighted by atomic mass is 79.9. The van der Waals surface area contributed by atoms with Gasteiger partial charge >= 0.3 is 0 Å². The molecule has 2 aliphatic heterocycles. The number of nitrogens with zero attached hydrogens (tertiary/aromatic N) is 5. The Bertz CT molecular complexity index is 1840. The van der Waals surface area contributed by atoms with Crippen LogP contribution in [0.2, 0.25) is 5.02 Å². The Balaban J connectivity index is 1.50. The fourth-order valence-corrected chi connectivity index (χ4v) is 5.94. The monoisotopic (exact) mass is 606 g/mol. The van der Waals surface area contributed by atoms with Gasteiger partial charge < -0.3 is 10.2 Å². The molecule has 5 aromatic rings. The molecule has 0 unspecified atom stereocenters. The molecular weight excluding hydrogens is 584 g/mol. The first kappa shape index (κ1) is 24.8. The molecule has 196 valence electrons. The van der Waals surface area contributed by atoms with Crippen molar-refractivity contribution in [3.05, 3.63) is 129 Å². The molecule has 0 saturated carbocycles. The van der Waals surface area contributed by atoms with E-state index in [1.165, 1.54) is 0 Å². The van der Waals surface area contributed by atoms with Gasteiger partial charge in [-0.25, -0.2) is 14.7 Å². The summed E-state index contributed by atoms with van der Waals surface area (Å²) >= 11 is 10.2. The molecule has 0 radical (unpaired) electrons. The number of amidine groups is 2. The van der Waals surface area contributed by atoms with Crippen molar-refractivity contribution in [2.24, 2.45) is 9.98 Å². The third kappa shape index (κ3) is 4.13. The zero-order chi connectivity index (χ0) is 27.4. The molecule has 0 saturated heterocycles. The molecule has 3 heterocycles. The van der Waals surface area contributed by atoms with Gasteiger partial charge in [0.25, 0.3) is 0 Å². The van der Waals surface area contributed by atoms with E-state index in [0.717, 1.165) is 55.4 Å². The number of anilines is 2. The van der Waals surface area contributed by atoms with Crippen LogP contribution in [-0.2, 0) is 0 Å². The first-order valence-electron chi connectivity index (χ1n) is 13.0. The predicted molar refractivity (Wildman–Crippen MR) is 167 cm³/mol. The Kier molecular flexibility index (Phi) is 6.06. The normalized spacial score (nSPS) is 15.5. The van der Waals surface area contributed by atoms with Crippen LogP contribution in [-0.4, -0.2) is 21.5 Å². The van der Waals surface area contributed by atoms with Gasteiger partial charge in [0.15, 0.2) is 17.5 Å². The molecule has 1 atom stereocenters. The molecule has 40 heavy (non-hydrogen) atoms. The molecule has 0 amide bonds. The van der Waals surface area contributed by atoms with Crippen molar-refractivity contribution >= 4 is 62.1 Å². The van der Waals surface area contributed by atoms with Crippen LogP contribution in [0.4, 0.5) is 22.9 Å². The number of para-hydroxylation sites is 3. The average Bonchev–Trinajstić information content (AvgIpc) is 3.30. The van der Waals surface area contributed by atoms with E-state index >= 15 is 0 Å². The lowest BCUT2D eigenvalue weighted by Gasteiger charge is -2.40. The number of hydrogen-bond acceptors (Lipinski definition) is 5. The molecule has 8 heteroatoms. The standard InChI is InChI=1S/C32H24BrClN6/c1-19-15-16-23(18-25(19)34)35-30-32-37-31-28(20(2)38-40(31)24-11-4-3-5-12-24)29(21-9-8-10-22(33)17-21)39(32)27-14-7-6-13-26(27)36-30/h3-18,29H,1-2H3,(H,35,36)/t29-/m1/s1. The number of hydrogen-bond donors (Lipinski definition) is 1. The average molecular weight is 608 g/mol. The third-order valence-corrected chi connectivity index (χ3v) is 8.14. The molecule has 0 spiro atoms. The SMILES string of the molecule is Cc1ccc(NC2=Nc3ccccc3N3C2=Nc2c(c(C)nn2-c2ccccc2)[C@H]3c2cccc(Br)c2)cc1Cl. The van der Waals surface area contributed by atoms with Crippen LogP contribution in [0.5, 0.6) is 0 Å². The predicted octanol–water partition coefficient (Wildman–Crippen LogP) is 8.70. The molecule has 4 aromatic carbocycles. The highest BCUT2D eigenvalue weighted by Gasteiger charge is 2.41. The number of aromatic nitrogens is 2. The lowest BCUT2D eigenvalue weighted by atomic mass is 9.93. The summed E-state index contributed by atoms with van der Waals surface area (Å²) in [4.78, 5) is 12.6. The van der Waals surface area contributed by atoms with E-state index in [1.807, 2.05) is 84.4 Å². The van der Waals surface area contributed by atoms with Crippen LogP contribution in [0.25, 0.3) is 5.69 Å². The maximum atomic E-state index is 6.49. The Labute approximate surface area is 245 Å². The maximum Gasteiger partial charge on any atom is 0.179 e. The van der Waals surface area contributed by atoms with Crippen LogP contribution in [0, 0.1) is 13.8 Å². The number of aryl methyl sites for hydroxylation is 2. The highest BCUT2D eigenvalue weighted by molar-refractivity contribution is 9.10. The first-order chi connectivity index (χ1) is 19.5. The molecule has 0 bridgehead atoms. The summed E-state index contributed by atoms with van der Waals surface area (Å²) in [5.74, 6) is 2.14. The van der Waals surface area contributed by atoms with Gasteiger partial charge in [-0.2, -0.15) is 5.10 Å². The Hall–Kier alpha value is -4.20. The summed E-state index contributed by atoms with van der Waals surface area (Å²) in [6.07, 6.45) is 0. The van der Waals surface area contributed by atoms with E-state index in [9.17, 15) is 0 Å². The first-order valence-corrected chi connectivity index (χ1v) is 14.1. The van der Waals surface area contributed by atoms with Gasteiger partial charge in [0.2, 0.25) is 0 Å². The smallest absolute Gasteiger partial charge is 0.179 e.